The van der Waals surface area contributed by atoms with Gasteiger partial charge in [0.25, 0.3) is 0 Å². The van der Waals surface area contributed by atoms with Crippen molar-refractivity contribution in [2.24, 2.45) is 0 Å². The van der Waals surface area contributed by atoms with Crippen LogP contribution in [0.3, 0.4) is 0 Å². The van der Waals surface area contributed by atoms with Crippen LogP contribution in [0.5, 0.6) is 0 Å². The lowest BCUT2D eigenvalue weighted by atomic mass is 9.93. The highest BCUT2D eigenvalue weighted by Gasteiger charge is 2.29. The van der Waals surface area contributed by atoms with Gasteiger partial charge in [0.1, 0.15) is 44.7 Å². The Labute approximate surface area is 540 Å². The van der Waals surface area contributed by atoms with Crippen molar-refractivity contribution in [2.75, 3.05) is 4.90 Å². The maximum Gasteiger partial charge on any atom is 0.137 e. The molecule has 0 spiro atoms. The molecule has 24 rings (SSSR count). The molecule has 2 aliphatic carbocycles. The molecule has 0 radical (unpaired) electrons. The summed E-state index contributed by atoms with van der Waals surface area (Å²) < 4.78 is 33.1. The first-order chi connectivity index (χ1) is 46.6. The number of thiophene rings is 2. The number of para-hydroxylation sites is 3. The van der Waals surface area contributed by atoms with Crippen LogP contribution in [0.4, 0.5) is 17.1 Å². The van der Waals surface area contributed by atoms with Crippen molar-refractivity contribution in [2.45, 2.75) is 0 Å². The number of aromatic nitrogens is 1. The number of nitrogens with zero attached hydrogens (tertiary/aromatic N) is 2. The molecule has 0 unspecified atom stereocenters. The van der Waals surface area contributed by atoms with Crippen LogP contribution in [0.25, 0.3) is 211 Å². The molecular weight excluding hydrogens is 1190 g/mol. The lowest BCUT2D eigenvalue weighted by Gasteiger charge is -2.26. The maximum atomic E-state index is 6.46. The molecule has 2 aliphatic rings. The van der Waals surface area contributed by atoms with Crippen molar-refractivity contribution < 1.29 is 17.7 Å². The number of fused-ring (bicyclic) bond motifs is 11. The van der Waals surface area contributed by atoms with Crippen molar-refractivity contribution in [3.05, 3.63) is 267 Å². The van der Waals surface area contributed by atoms with Gasteiger partial charge in [-0.25, -0.2) is 0 Å². The van der Waals surface area contributed by atoms with E-state index < -0.39 is 0 Å². The minimum absolute atomic E-state index is 0.863. The quantitative estimate of drug-likeness (QED) is 0.172. The van der Waals surface area contributed by atoms with E-state index in [4.69, 9.17) is 17.7 Å². The fourth-order valence-corrected chi connectivity index (χ4v) is 18.9. The molecule has 15 aromatic carbocycles. The zero-order valence-electron chi connectivity index (χ0n) is 49.7. The fraction of sp³-hybridized carbons (Fsp3) is 0. The fourth-order valence-electron chi connectivity index (χ4n) is 16.6. The summed E-state index contributed by atoms with van der Waals surface area (Å²) >= 11 is 3.82. The second-order valence-corrected chi connectivity index (χ2v) is 27.4. The van der Waals surface area contributed by atoms with Gasteiger partial charge in [-0.05, 0) is 165 Å². The average molecular weight is 1230 g/mol. The highest BCUT2D eigenvalue weighted by atomic mass is 32.1. The molecule has 0 aliphatic heterocycles. The van der Waals surface area contributed by atoms with Crippen LogP contribution in [0.2, 0.25) is 0 Å². The number of hydrogen-bond donors (Lipinski definition) is 0. The maximum absolute atomic E-state index is 6.46. The smallest absolute Gasteiger partial charge is 0.137 e. The third-order valence-corrected chi connectivity index (χ3v) is 22.7. The molecule has 0 saturated heterocycles. The predicted molar refractivity (Wildman–Crippen MR) is 395 cm³/mol. The number of benzene rings is 15. The molecule has 7 heterocycles. The molecule has 8 heteroatoms. The van der Waals surface area contributed by atoms with Crippen molar-refractivity contribution in [1.82, 2.24) is 4.57 Å². The van der Waals surface area contributed by atoms with Gasteiger partial charge in [0.05, 0.1) is 11.0 Å². The average Bonchev–Trinajstić information content (AvgIpc) is 1.53. The third-order valence-electron chi connectivity index (χ3n) is 20.5. The van der Waals surface area contributed by atoms with Gasteiger partial charge in [0, 0.05) is 140 Å². The number of hydrogen-bond acceptors (Lipinski definition) is 7. The van der Waals surface area contributed by atoms with Crippen LogP contribution in [-0.4, -0.2) is 4.57 Å². The van der Waals surface area contributed by atoms with Crippen molar-refractivity contribution in [3.8, 4) is 39.1 Å². The minimum atomic E-state index is 0.863. The molecule has 0 fully saturated rings. The summed E-state index contributed by atoms with van der Waals surface area (Å²) in [4.78, 5) is 2.36. The molecule has 0 bridgehead atoms. The van der Waals surface area contributed by atoms with Gasteiger partial charge in [0.2, 0.25) is 0 Å². The SMILES string of the molecule is c1cc(-c2cc3sc4cccc5c4c3c3c2ccc2sc4cccc-5c4c23)cc(N(c2ccc3c(c2)oc2ccccc23)c2ccc3oc4ccccc4c3c2)c1.c1ccc2c(c1)oc1cc(-n3c4cccc5c4c4c6c(ccc7oc8cccc-5c8c76)ccc43)ccc12. The molecule has 7 aromatic heterocycles. The summed E-state index contributed by atoms with van der Waals surface area (Å²) in [6.45, 7) is 0. The minimum Gasteiger partial charge on any atom is -0.456 e. The second kappa shape index (κ2) is 18.0. The first-order valence-electron chi connectivity index (χ1n) is 31.8. The molecule has 0 saturated carbocycles. The summed E-state index contributed by atoms with van der Waals surface area (Å²) in [5, 5.41) is 22.5. The van der Waals surface area contributed by atoms with Gasteiger partial charge in [-0.15, -0.1) is 22.7 Å². The Balaban J connectivity index is 0.000000130. The zero-order chi connectivity index (χ0) is 60.8. The zero-order valence-corrected chi connectivity index (χ0v) is 51.4. The molecule has 22 aromatic rings. The first kappa shape index (κ1) is 49.8. The molecule has 0 amide bonds. The number of anilines is 3. The lowest BCUT2D eigenvalue weighted by molar-refractivity contribution is 0.668. The van der Waals surface area contributed by atoms with Crippen LogP contribution in [-0.2, 0) is 0 Å². The van der Waals surface area contributed by atoms with Gasteiger partial charge >= 0.3 is 0 Å². The van der Waals surface area contributed by atoms with Gasteiger partial charge in [-0.1, -0.05) is 133 Å². The van der Waals surface area contributed by atoms with Crippen LogP contribution in [0.1, 0.15) is 0 Å². The Morgan fingerprint density at radius 2 is 0.755 bits per heavy atom. The van der Waals surface area contributed by atoms with Gasteiger partial charge < -0.3 is 27.1 Å². The van der Waals surface area contributed by atoms with Crippen LogP contribution in [0, 0.1) is 0 Å². The Morgan fingerprint density at radius 3 is 1.53 bits per heavy atom. The molecule has 434 valence electrons. The van der Waals surface area contributed by atoms with E-state index in [-0.39, 0.29) is 0 Å². The molecule has 0 N–H and O–H groups in total. The van der Waals surface area contributed by atoms with Crippen molar-refractivity contribution in [3.63, 3.8) is 0 Å². The van der Waals surface area contributed by atoms with E-state index in [0.29, 0.717) is 0 Å². The highest BCUT2D eigenvalue weighted by Crippen LogP contribution is 2.56. The Morgan fingerprint density at radius 1 is 0.245 bits per heavy atom. The number of rotatable bonds is 5. The summed E-state index contributed by atoms with van der Waals surface area (Å²) in [6.07, 6.45) is 0. The number of furan rings is 4. The summed E-state index contributed by atoms with van der Waals surface area (Å²) in [6, 6.07) is 96.4. The Bertz CT molecular complexity index is 7180. The molecular formula is C86H44N2O4S2. The molecule has 94 heavy (non-hydrogen) atoms. The monoisotopic (exact) mass is 1230 g/mol. The van der Waals surface area contributed by atoms with Crippen LogP contribution >= 0.6 is 22.7 Å². The normalized spacial score (nSPS) is 12.7. The largest absolute Gasteiger partial charge is 0.456 e. The first-order valence-corrected chi connectivity index (χ1v) is 33.5. The van der Waals surface area contributed by atoms with Gasteiger partial charge in [-0.3, -0.25) is 0 Å². The summed E-state index contributed by atoms with van der Waals surface area (Å²) in [7, 11) is 0. The lowest BCUT2D eigenvalue weighted by Crippen LogP contribution is -2.10. The standard InChI is InChI=1S/C52H27NO2S2.C34H17NO2/c1-3-14-40-32(10-1)34-20-18-31(26-43(34)55-40)53(30-19-22-42-39(25-30)33-11-2-4-15-41(33)54-42)29-9-5-8-28(24-29)38-27-47-52-49-36(13-7-17-45(49)57-47)35-12-6-16-44-48(35)51-46(56-44)23-21-37(38)50(51)52;1-2-9-26-20(5-1)21-14-13-19(17-29(21)36-26)35-24-8-3-6-22-23-7-4-10-27-32(23)34-28(37-27)16-12-18-11-15-25(35)33(30(18)34)31(22)24/h1-27H;1-17H. The Hall–Kier alpha value is -11.9. The highest BCUT2D eigenvalue weighted by molar-refractivity contribution is 7.27. The topological polar surface area (TPSA) is 60.7 Å². The predicted octanol–water partition coefficient (Wildman–Crippen LogP) is 26.2. The van der Waals surface area contributed by atoms with Gasteiger partial charge in [0.15, 0.2) is 0 Å². The third kappa shape index (κ3) is 6.52. The van der Waals surface area contributed by atoms with Crippen LogP contribution in [0.15, 0.2) is 285 Å². The molecule has 0 atom stereocenters. The molecule has 6 nitrogen and oxygen atoms in total. The van der Waals surface area contributed by atoms with Crippen molar-refractivity contribution in [1.29, 1.82) is 0 Å². The summed E-state index contributed by atoms with van der Waals surface area (Å²) in [5.41, 5.74) is 21.5. The van der Waals surface area contributed by atoms with E-state index in [1.807, 2.05) is 59.1 Å². The van der Waals surface area contributed by atoms with Gasteiger partial charge in [-0.2, -0.15) is 0 Å². The second-order valence-electron chi connectivity index (χ2n) is 25.3. The van der Waals surface area contributed by atoms with E-state index in [1.54, 1.807) is 0 Å². The van der Waals surface area contributed by atoms with E-state index in [2.05, 4.69) is 240 Å². The Kier molecular flexibility index (Phi) is 9.52. The van der Waals surface area contributed by atoms with Crippen molar-refractivity contribution >= 4 is 211 Å². The summed E-state index contributed by atoms with van der Waals surface area (Å²) in [5.74, 6) is 0. The van der Waals surface area contributed by atoms with E-state index in [0.717, 1.165) is 99.7 Å². The van der Waals surface area contributed by atoms with Crippen LogP contribution < -0.4 is 4.90 Å². The van der Waals surface area contributed by atoms with E-state index in [1.165, 1.54) is 128 Å². The van der Waals surface area contributed by atoms with E-state index in [9.17, 15) is 0 Å². The van der Waals surface area contributed by atoms with E-state index >= 15 is 0 Å².